The van der Waals surface area contributed by atoms with E-state index in [4.69, 9.17) is 19.6 Å². The van der Waals surface area contributed by atoms with E-state index in [9.17, 15) is 19.6 Å². The molecular weight excluding hydrogens is 403 g/mol. The Hall–Kier alpha value is -1.84. The second-order valence-electron chi connectivity index (χ2n) is 6.47. The van der Waals surface area contributed by atoms with Crippen LogP contribution in [-0.2, 0) is 18.6 Å². The highest BCUT2D eigenvalue weighted by atomic mass is 31.2. The molecule has 0 fully saturated rings. The number of hydrogen-bond acceptors (Lipinski definition) is 7. The van der Waals surface area contributed by atoms with Crippen LogP contribution in [0.2, 0.25) is 0 Å². The highest BCUT2D eigenvalue weighted by Gasteiger charge is 2.37. The summed E-state index contributed by atoms with van der Waals surface area (Å²) in [6.07, 6.45) is 11.5. The summed E-state index contributed by atoms with van der Waals surface area (Å²) in [5.74, 6) is -0.531. The first-order valence-electron chi connectivity index (χ1n) is 8.85. The van der Waals surface area contributed by atoms with Gasteiger partial charge in [0.25, 0.3) is 0 Å². The van der Waals surface area contributed by atoms with Crippen molar-refractivity contribution in [1.29, 1.82) is 0 Å². The van der Waals surface area contributed by atoms with Crippen LogP contribution in [0.3, 0.4) is 0 Å². The largest absolute Gasteiger partial charge is 0.469 e. The van der Waals surface area contributed by atoms with Crippen LogP contribution in [0.15, 0.2) is 60.8 Å². The number of rotatable bonds is 11. The lowest BCUT2D eigenvalue weighted by Gasteiger charge is -2.31. The van der Waals surface area contributed by atoms with Crippen LogP contribution < -0.4 is 0 Å². The van der Waals surface area contributed by atoms with E-state index in [0.717, 1.165) is 0 Å². The Labute approximate surface area is 169 Å². The highest BCUT2D eigenvalue weighted by molar-refractivity contribution is 7.46. The predicted molar refractivity (Wildman–Crippen MR) is 105 cm³/mol. The van der Waals surface area contributed by atoms with Gasteiger partial charge in [-0.05, 0) is 13.0 Å². The molecule has 0 aromatic rings. The first-order chi connectivity index (χ1) is 13.5. The van der Waals surface area contributed by atoms with Gasteiger partial charge in [0.2, 0.25) is 0 Å². The van der Waals surface area contributed by atoms with Crippen LogP contribution in [0.25, 0.3) is 0 Å². The molecule has 0 unspecified atom stereocenters. The fourth-order valence-electron chi connectivity index (χ4n) is 2.37. The van der Waals surface area contributed by atoms with Gasteiger partial charge in [-0.3, -0.25) is 4.52 Å². The summed E-state index contributed by atoms with van der Waals surface area (Å²) in [6.45, 7) is 1.16. The van der Waals surface area contributed by atoms with Gasteiger partial charge in [0.15, 0.2) is 0 Å². The number of phosphoric ester groups is 1. The summed E-state index contributed by atoms with van der Waals surface area (Å²) in [5.41, 5.74) is -1.87. The van der Waals surface area contributed by atoms with Gasteiger partial charge in [0.05, 0.1) is 12.7 Å². The van der Waals surface area contributed by atoms with Crippen molar-refractivity contribution in [3.05, 3.63) is 60.8 Å². The smallest absolute Gasteiger partial charge is 0.455 e. The van der Waals surface area contributed by atoms with Crippen molar-refractivity contribution in [2.45, 2.75) is 43.7 Å². The molecule has 10 heteroatoms. The van der Waals surface area contributed by atoms with Gasteiger partial charge in [-0.25, -0.2) is 9.36 Å². The summed E-state index contributed by atoms with van der Waals surface area (Å²) in [5, 5.41) is 29.4. The fourth-order valence-corrected chi connectivity index (χ4v) is 3.01. The number of carbonyl (C=O) groups excluding carboxylic acids is 1. The minimum atomic E-state index is -4.96. The molecule has 0 saturated heterocycles. The molecule has 5 N–H and O–H groups in total. The molecule has 29 heavy (non-hydrogen) atoms. The monoisotopic (exact) mass is 430 g/mol. The predicted octanol–water partition coefficient (Wildman–Crippen LogP) is 1.06. The molecule has 0 amide bonds. The Balaban J connectivity index is 2.84. The maximum Gasteiger partial charge on any atom is 0.469 e. The fraction of sp³-hybridized carbons (Fsp3) is 0.421. The molecule has 0 radical (unpaired) electrons. The highest BCUT2D eigenvalue weighted by Crippen LogP contribution is 2.41. The first kappa shape index (κ1) is 25.2. The Morgan fingerprint density at radius 2 is 2.03 bits per heavy atom. The van der Waals surface area contributed by atoms with Crippen molar-refractivity contribution in [1.82, 2.24) is 0 Å². The molecular formula is C19H27O9P. The van der Waals surface area contributed by atoms with Crippen molar-refractivity contribution in [3.63, 3.8) is 0 Å². The van der Waals surface area contributed by atoms with Gasteiger partial charge in [0.1, 0.15) is 17.8 Å². The van der Waals surface area contributed by atoms with Gasteiger partial charge in [-0.2, -0.15) is 0 Å². The van der Waals surface area contributed by atoms with Crippen molar-refractivity contribution in [2.24, 2.45) is 0 Å². The molecule has 0 spiro atoms. The summed E-state index contributed by atoms with van der Waals surface area (Å²) >= 11 is 0. The Kier molecular flexibility index (Phi) is 10.4. The number of cyclic esters (lactones) is 1. The zero-order valence-electron chi connectivity index (χ0n) is 15.9. The number of carbonyl (C=O) groups is 1. The number of aliphatic hydroxyl groups excluding tert-OH is 2. The maximum absolute atomic E-state index is 11.3. The topological polar surface area (TPSA) is 154 Å². The third kappa shape index (κ3) is 11.1. The van der Waals surface area contributed by atoms with E-state index in [-0.39, 0.29) is 13.0 Å². The summed E-state index contributed by atoms with van der Waals surface area (Å²) < 4.78 is 21.0. The van der Waals surface area contributed by atoms with E-state index < -0.39 is 37.7 Å². The van der Waals surface area contributed by atoms with E-state index in [2.05, 4.69) is 4.52 Å². The van der Waals surface area contributed by atoms with E-state index in [1.54, 1.807) is 24.3 Å². The maximum atomic E-state index is 11.3. The first-order valence-corrected chi connectivity index (χ1v) is 10.4. The molecule has 0 saturated carbocycles. The molecule has 1 heterocycles. The average Bonchev–Trinajstić information content (AvgIpc) is 2.61. The Morgan fingerprint density at radius 3 is 2.66 bits per heavy atom. The second-order valence-corrected chi connectivity index (χ2v) is 7.66. The molecule has 1 aliphatic rings. The summed E-state index contributed by atoms with van der Waals surface area (Å²) in [4.78, 5) is 29.6. The SMILES string of the molecule is C[C@@](O)(/C=C/[C@@H]1CC=CC(=O)O1)[C@@H](C[C@@H](O)\C=C/C=C\C=C\CO)OP(=O)(O)O. The molecule has 0 aliphatic carbocycles. The van der Waals surface area contributed by atoms with Gasteiger partial charge in [-0.1, -0.05) is 48.6 Å². The molecule has 1 aliphatic heterocycles. The van der Waals surface area contributed by atoms with Gasteiger partial charge >= 0.3 is 13.8 Å². The molecule has 0 aromatic carbocycles. The zero-order valence-corrected chi connectivity index (χ0v) is 16.8. The van der Waals surface area contributed by atoms with Crippen LogP contribution in [0, 0.1) is 0 Å². The Morgan fingerprint density at radius 1 is 1.34 bits per heavy atom. The number of aliphatic hydroxyl groups is 3. The number of hydrogen-bond donors (Lipinski definition) is 5. The van der Waals surface area contributed by atoms with E-state index in [1.165, 1.54) is 43.4 Å². The Bertz CT molecular complexity index is 715. The normalized spacial score (nSPS) is 22.6. The summed E-state index contributed by atoms with van der Waals surface area (Å²) in [7, 11) is -4.96. The van der Waals surface area contributed by atoms with E-state index in [1.807, 2.05) is 0 Å². The minimum Gasteiger partial charge on any atom is -0.455 e. The van der Waals surface area contributed by atoms with Gasteiger partial charge in [-0.15, -0.1) is 0 Å². The van der Waals surface area contributed by atoms with Crippen LogP contribution in [0.4, 0.5) is 0 Å². The average molecular weight is 430 g/mol. The second kappa shape index (κ2) is 12.0. The lowest BCUT2D eigenvalue weighted by molar-refractivity contribution is -0.141. The van der Waals surface area contributed by atoms with Crippen LogP contribution >= 0.6 is 7.82 Å². The lowest BCUT2D eigenvalue weighted by Crippen LogP contribution is -2.41. The molecule has 4 atom stereocenters. The van der Waals surface area contributed by atoms with Crippen LogP contribution in [0.1, 0.15) is 19.8 Å². The van der Waals surface area contributed by atoms with Crippen molar-refractivity contribution < 1.29 is 43.7 Å². The van der Waals surface area contributed by atoms with E-state index in [0.29, 0.717) is 6.42 Å². The number of phosphoric acid groups is 1. The minimum absolute atomic E-state index is 0.100. The molecule has 0 aromatic heterocycles. The van der Waals surface area contributed by atoms with Crippen molar-refractivity contribution in [3.8, 4) is 0 Å². The summed E-state index contributed by atoms with van der Waals surface area (Å²) in [6, 6.07) is 0. The zero-order chi connectivity index (χ0) is 21.9. The molecule has 0 bridgehead atoms. The van der Waals surface area contributed by atoms with Crippen LogP contribution in [-0.4, -0.2) is 61.6 Å². The van der Waals surface area contributed by atoms with Crippen molar-refractivity contribution >= 4 is 13.8 Å². The quantitative estimate of drug-likeness (QED) is 0.140. The number of allylic oxidation sites excluding steroid dienone is 4. The number of esters is 1. The van der Waals surface area contributed by atoms with Crippen molar-refractivity contribution in [2.75, 3.05) is 6.61 Å². The van der Waals surface area contributed by atoms with Gasteiger partial charge in [0, 0.05) is 18.9 Å². The third-order valence-corrected chi connectivity index (χ3v) is 4.35. The van der Waals surface area contributed by atoms with E-state index >= 15 is 0 Å². The third-order valence-electron chi connectivity index (χ3n) is 3.82. The molecule has 162 valence electrons. The van der Waals surface area contributed by atoms with Crippen LogP contribution in [0.5, 0.6) is 0 Å². The standard InChI is InChI=1S/C19H27O9P/c1-19(23,12-11-16-9-7-10-18(22)27-16)17(28-29(24,25)26)14-15(21)8-5-3-2-4-6-13-20/h2-8,10-12,15-17,20-21,23H,9,13-14H2,1H3,(H2,24,25,26)/b3-2-,6-4+,8-5-,12-11+/t15-,16-,17+,19+/m0/s1. The molecule has 9 nitrogen and oxygen atoms in total. The molecule has 1 rings (SSSR count). The lowest BCUT2D eigenvalue weighted by atomic mass is 9.93. The number of ether oxygens (including phenoxy) is 1. The van der Waals surface area contributed by atoms with Gasteiger partial charge < -0.3 is 29.8 Å².